The third-order valence-corrected chi connectivity index (χ3v) is 4.69. The zero-order valence-electron chi connectivity index (χ0n) is 12.6. The Bertz CT molecular complexity index is 575. The van der Waals surface area contributed by atoms with Crippen molar-refractivity contribution in [3.8, 4) is 0 Å². The Balaban J connectivity index is 1.69. The van der Waals surface area contributed by atoms with Gasteiger partial charge in [0, 0.05) is 37.7 Å². The van der Waals surface area contributed by atoms with E-state index in [9.17, 15) is 9.59 Å². The number of likely N-dealkylation sites (tertiary alicyclic amines) is 1. The molecule has 2 aliphatic heterocycles. The monoisotopic (exact) mass is 321 g/mol. The molecule has 0 aliphatic carbocycles. The summed E-state index contributed by atoms with van der Waals surface area (Å²) in [4.78, 5) is 28.0. The van der Waals surface area contributed by atoms with Gasteiger partial charge in [0.15, 0.2) is 0 Å². The van der Waals surface area contributed by atoms with E-state index < -0.39 is 0 Å². The number of carbonyl (C=O) groups excluding carboxylic acids is 2. The Kier molecular flexibility index (Phi) is 4.36. The first kappa shape index (κ1) is 15.3. The SMILES string of the molecule is CN1CC(=O)N[C@@H]2CCN(Cc3ccc(Cl)cc3)C[C@@H]2C1=O. The molecule has 2 fully saturated rings. The molecule has 0 spiro atoms. The molecule has 118 valence electrons. The number of rotatable bonds is 2. The van der Waals surface area contributed by atoms with E-state index in [1.807, 2.05) is 24.3 Å². The van der Waals surface area contributed by atoms with E-state index in [4.69, 9.17) is 11.6 Å². The van der Waals surface area contributed by atoms with Gasteiger partial charge in [-0.1, -0.05) is 23.7 Å². The average Bonchev–Trinajstić information content (AvgIpc) is 2.59. The summed E-state index contributed by atoms with van der Waals surface area (Å²) >= 11 is 5.91. The molecule has 0 aromatic heterocycles. The number of halogens is 1. The molecule has 2 atom stereocenters. The number of hydrogen-bond acceptors (Lipinski definition) is 3. The fourth-order valence-corrected chi connectivity index (χ4v) is 3.39. The van der Waals surface area contributed by atoms with Crippen molar-refractivity contribution in [2.24, 2.45) is 5.92 Å². The molecule has 0 radical (unpaired) electrons. The van der Waals surface area contributed by atoms with Crippen molar-refractivity contribution in [2.75, 3.05) is 26.7 Å². The number of nitrogens with one attached hydrogen (secondary N) is 1. The van der Waals surface area contributed by atoms with Gasteiger partial charge in [0.25, 0.3) is 0 Å². The zero-order chi connectivity index (χ0) is 15.7. The molecule has 1 aromatic rings. The molecule has 5 nitrogen and oxygen atoms in total. The zero-order valence-corrected chi connectivity index (χ0v) is 13.3. The molecule has 1 aromatic carbocycles. The molecular weight excluding hydrogens is 302 g/mol. The van der Waals surface area contributed by atoms with Crippen LogP contribution < -0.4 is 5.32 Å². The van der Waals surface area contributed by atoms with E-state index in [2.05, 4.69) is 10.2 Å². The van der Waals surface area contributed by atoms with Gasteiger partial charge in [-0.15, -0.1) is 0 Å². The van der Waals surface area contributed by atoms with E-state index >= 15 is 0 Å². The van der Waals surface area contributed by atoms with Crippen LogP contribution in [-0.2, 0) is 16.1 Å². The van der Waals surface area contributed by atoms with Crippen LogP contribution in [0.5, 0.6) is 0 Å². The normalized spacial score (nSPS) is 26.4. The van der Waals surface area contributed by atoms with Crippen LogP contribution in [0.15, 0.2) is 24.3 Å². The number of nitrogens with zero attached hydrogens (tertiary/aromatic N) is 2. The highest BCUT2D eigenvalue weighted by Gasteiger charge is 2.39. The Labute approximate surface area is 135 Å². The van der Waals surface area contributed by atoms with Gasteiger partial charge in [0.1, 0.15) is 0 Å². The first-order valence-electron chi connectivity index (χ1n) is 7.54. The molecule has 0 unspecified atom stereocenters. The second-order valence-corrected chi connectivity index (χ2v) is 6.56. The van der Waals surface area contributed by atoms with Gasteiger partial charge in [-0.25, -0.2) is 0 Å². The summed E-state index contributed by atoms with van der Waals surface area (Å²) in [6.07, 6.45) is 0.809. The van der Waals surface area contributed by atoms with E-state index in [0.717, 1.165) is 24.5 Å². The number of fused-ring (bicyclic) bond motifs is 1. The summed E-state index contributed by atoms with van der Waals surface area (Å²) in [5.74, 6) is -0.156. The average molecular weight is 322 g/mol. The van der Waals surface area contributed by atoms with Gasteiger partial charge in [-0.05, 0) is 24.1 Å². The minimum atomic E-state index is -0.155. The molecule has 2 aliphatic rings. The summed E-state index contributed by atoms with van der Waals surface area (Å²) in [6, 6.07) is 7.75. The number of amides is 2. The third-order valence-electron chi connectivity index (χ3n) is 4.44. The Morgan fingerprint density at radius 1 is 1.27 bits per heavy atom. The molecule has 2 amide bonds. The van der Waals surface area contributed by atoms with E-state index in [0.29, 0.717) is 6.54 Å². The first-order chi connectivity index (χ1) is 10.5. The van der Waals surface area contributed by atoms with Gasteiger partial charge in [-0.2, -0.15) is 0 Å². The molecule has 22 heavy (non-hydrogen) atoms. The lowest BCUT2D eigenvalue weighted by Crippen LogP contribution is -2.52. The predicted molar refractivity (Wildman–Crippen MR) is 84.4 cm³/mol. The van der Waals surface area contributed by atoms with Crippen molar-refractivity contribution >= 4 is 23.4 Å². The van der Waals surface area contributed by atoms with Crippen molar-refractivity contribution in [2.45, 2.75) is 19.0 Å². The van der Waals surface area contributed by atoms with Crippen molar-refractivity contribution in [1.29, 1.82) is 0 Å². The second kappa shape index (κ2) is 6.26. The maximum Gasteiger partial charge on any atom is 0.239 e. The quantitative estimate of drug-likeness (QED) is 0.888. The van der Waals surface area contributed by atoms with Crippen LogP contribution in [0.25, 0.3) is 0 Å². The van der Waals surface area contributed by atoms with Crippen LogP contribution in [-0.4, -0.2) is 54.3 Å². The third kappa shape index (κ3) is 3.25. The van der Waals surface area contributed by atoms with E-state index in [1.165, 1.54) is 10.5 Å². The molecular formula is C16H20ClN3O2. The molecule has 2 saturated heterocycles. The highest BCUT2D eigenvalue weighted by molar-refractivity contribution is 6.30. The highest BCUT2D eigenvalue weighted by Crippen LogP contribution is 2.23. The maximum absolute atomic E-state index is 12.5. The minimum Gasteiger partial charge on any atom is -0.351 e. The smallest absolute Gasteiger partial charge is 0.239 e. The van der Waals surface area contributed by atoms with Crippen molar-refractivity contribution in [3.63, 3.8) is 0 Å². The molecule has 1 N–H and O–H groups in total. The lowest BCUT2D eigenvalue weighted by atomic mass is 9.91. The summed E-state index contributed by atoms with van der Waals surface area (Å²) in [5, 5.41) is 3.72. The van der Waals surface area contributed by atoms with Gasteiger partial charge in [-0.3, -0.25) is 14.5 Å². The predicted octanol–water partition coefficient (Wildman–Crippen LogP) is 1.12. The fourth-order valence-electron chi connectivity index (χ4n) is 3.26. The van der Waals surface area contributed by atoms with Gasteiger partial charge in [0.05, 0.1) is 12.5 Å². The number of piperidine rings is 1. The van der Waals surface area contributed by atoms with Crippen LogP contribution >= 0.6 is 11.6 Å². The lowest BCUT2D eigenvalue weighted by Gasteiger charge is -2.37. The summed E-state index contributed by atoms with van der Waals surface area (Å²) in [6.45, 7) is 2.51. The molecule has 3 rings (SSSR count). The first-order valence-corrected chi connectivity index (χ1v) is 7.92. The van der Waals surface area contributed by atoms with Gasteiger partial charge < -0.3 is 10.2 Å². The Morgan fingerprint density at radius 3 is 2.73 bits per heavy atom. The van der Waals surface area contributed by atoms with Crippen molar-refractivity contribution in [1.82, 2.24) is 15.1 Å². The number of carbonyl (C=O) groups is 2. The molecule has 2 heterocycles. The lowest BCUT2D eigenvalue weighted by molar-refractivity contribution is -0.136. The second-order valence-electron chi connectivity index (χ2n) is 6.13. The van der Waals surface area contributed by atoms with E-state index in [-0.39, 0.29) is 30.3 Å². The molecule has 0 bridgehead atoms. The van der Waals surface area contributed by atoms with Crippen molar-refractivity contribution < 1.29 is 9.59 Å². The topological polar surface area (TPSA) is 52.7 Å². The Hall–Kier alpha value is -1.59. The number of benzene rings is 1. The largest absolute Gasteiger partial charge is 0.351 e. The maximum atomic E-state index is 12.5. The van der Waals surface area contributed by atoms with Crippen LogP contribution in [0.2, 0.25) is 5.02 Å². The van der Waals surface area contributed by atoms with Crippen LogP contribution in [0, 0.1) is 5.92 Å². The van der Waals surface area contributed by atoms with Crippen LogP contribution in [0.1, 0.15) is 12.0 Å². The summed E-state index contributed by atoms with van der Waals surface area (Å²) in [7, 11) is 1.70. The Morgan fingerprint density at radius 2 is 2.00 bits per heavy atom. The number of likely N-dealkylation sites (N-methyl/N-ethyl adjacent to an activating group) is 1. The molecule has 6 heteroatoms. The standard InChI is InChI=1S/C16H20ClN3O2/c1-19-10-15(21)18-14-6-7-20(9-13(14)16(19)22)8-11-2-4-12(17)5-3-11/h2-5,13-14H,6-10H2,1H3,(H,18,21)/t13-,14+/m0/s1. The van der Waals surface area contributed by atoms with Crippen LogP contribution in [0.3, 0.4) is 0 Å². The minimum absolute atomic E-state index is 0.0357. The highest BCUT2D eigenvalue weighted by atomic mass is 35.5. The number of hydrogen-bond donors (Lipinski definition) is 1. The van der Waals surface area contributed by atoms with E-state index in [1.54, 1.807) is 7.05 Å². The fraction of sp³-hybridized carbons (Fsp3) is 0.500. The van der Waals surface area contributed by atoms with Crippen LogP contribution in [0.4, 0.5) is 0 Å². The molecule has 0 saturated carbocycles. The summed E-state index contributed by atoms with van der Waals surface area (Å²) < 4.78 is 0. The van der Waals surface area contributed by atoms with Gasteiger partial charge >= 0.3 is 0 Å². The van der Waals surface area contributed by atoms with Crippen molar-refractivity contribution in [3.05, 3.63) is 34.9 Å². The summed E-state index contributed by atoms with van der Waals surface area (Å²) in [5.41, 5.74) is 1.18. The van der Waals surface area contributed by atoms with Gasteiger partial charge in [0.2, 0.25) is 11.8 Å².